The minimum absolute atomic E-state index is 0.154. The van der Waals surface area contributed by atoms with E-state index in [1.165, 1.54) is 12.1 Å². The summed E-state index contributed by atoms with van der Waals surface area (Å²) < 4.78 is 58.3. The number of aromatic nitrogens is 1. The number of halogens is 5. The van der Waals surface area contributed by atoms with Gasteiger partial charge < -0.3 is 15.8 Å². The molecule has 2 aromatic rings. The zero-order valence-corrected chi connectivity index (χ0v) is 16.6. The van der Waals surface area contributed by atoms with Crippen molar-refractivity contribution >= 4 is 23.2 Å². The van der Waals surface area contributed by atoms with Gasteiger partial charge in [-0.3, -0.25) is 10.1 Å². The van der Waals surface area contributed by atoms with E-state index in [9.17, 15) is 22.4 Å². The van der Waals surface area contributed by atoms with Crippen molar-refractivity contribution in [3.63, 3.8) is 0 Å². The smallest absolute Gasteiger partial charge is 0.379 e. The van der Waals surface area contributed by atoms with Crippen LogP contribution in [0.25, 0.3) is 0 Å². The van der Waals surface area contributed by atoms with Gasteiger partial charge in [-0.05, 0) is 37.6 Å². The van der Waals surface area contributed by atoms with Crippen molar-refractivity contribution in [2.45, 2.75) is 31.2 Å². The van der Waals surface area contributed by atoms with E-state index >= 15 is 0 Å². The molecule has 1 aliphatic rings. The number of carbonyl (C=O) groups is 1. The lowest BCUT2D eigenvalue weighted by atomic mass is 9.91. The van der Waals surface area contributed by atoms with Crippen LogP contribution < -0.4 is 16.4 Å². The van der Waals surface area contributed by atoms with Crippen molar-refractivity contribution in [1.29, 1.82) is 0 Å². The van der Waals surface area contributed by atoms with Gasteiger partial charge in [0.1, 0.15) is 11.5 Å². The topological polar surface area (TPSA) is 89.3 Å². The number of hydrogen-bond donors (Lipinski definition) is 3. The van der Waals surface area contributed by atoms with Gasteiger partial charge in [-0.25, -0.2) is 9.37 Å². The highest BCUT2D eigenvalue weighted by Crippen LogP contribution is 2.32. The van der Waals surface area contributed by atoms with Gasteiger partial charge in [0.25, 0.3) is 5.91 Å². The molecule has 2 atom stereocenters. The van der Waals surface area contributed by atoms with E-state index in [1.54, 1.807) is 6.92 Å². The van der Waals surface area contributed by atoms with Gasteiger partial charge in [-0.1, -0.05) is 11.6 Å². The Bertz CT molecular complexity index is 957. The van der Waals surface area contributed by atoms with Gasteiger partial charge in [-0.2, -0.15) is 13.2 Å². The summed E-state index contributed by atoms with van der Waals surface area (Å²) >= 11 is 5.81. The fraction of sp³-hybridized carbons (Fsp3) is 0.368. The summed E-state index contributed by atoms with van der Waals surface area (Å²) in [6.45, 7) is 2.29. The van der Waals surface area contributed by atoms with Crippen molar-refractivity contribution in [2.24, 2.45) is 5.73 Å². The first-order valence-electron chi connectivity index (χ1n) is 8.95. The Hall–Kier alpha value is -2.27. The average Bonchev–Trinajstić information content (AvgIpc) is 2.83. The maximum Gasteiger partial charge on any atom is 0.417 e. The molecule has 6 nitrogen and oxygen atoms in total. The fourth-order valence-corrected chi connectivity index (χ4v) is 3.39. The zero-order chi connectivity index (χ0) is 22.1. The summed E-state index contributed by atoms with van der Waals surface area (Å²) in [5.41, 5.74) is 3.97. The van der Waals surface area contributed by atoms with Crippen molar-refractivity contribution in [1.82, 2.24) is 10.3 Å². The van der Waals surface area contributed by atoms with Crippen LogP contribution in [0.1, 0.15) is 35.0 Å². The number of nitrogens with zero attached hydrogens (tertiary/aromatic N) is 1. The normalized spacial score (nSPS) is 22.4. The van der Waals surface area contributed by atoms with E-state index in [0.717, 1.165) is 6.07 Å². The summed E-state index contributed by atoms with van der Waals surface area (Å²) in [6.07, 6.45) is -3.98. The fourth-order valence-electron chi connectivity index (χ4n) is 3.14. The Labute approximate surface area is 174 Å². The summed E-state index contributed by atoms with van der Waals surface area (Å²) in [6, 6.07) is 4.50. The molecule has 1 aromatic heterocycles. The highest BCUT2D eigenvalue weighted by Gasteiger charge is 2.34. The molecule has 0 bridgehead atoms. The van der Waals surface area contributed by atoms with Gasteiger partial charge in [0.15, 0.2) is 0 Å². The van der Waals surface area contributed by atoms with Gasteiger partial charge in [-0.15, -0.1) is 0 Å². The second-order valence-electron chi connectivity index (χ2n) is 7.13. The molecule has 0 spiro atoms. The molecule has 1 aromatic carbocycles. The van der Waals surface area contributed by atoms with Crippen molar-refractivity contribution in [3.8, 4) is 0 Å². The summed E-state index contributed by atoms with van der Waals surface area (Å²) in [5.74, 6) is -1.37. The Morgan fingerprint density at radius 2 is 2.13 bits per heavy atom. The third-order valence-corrected chi connectivity index (χ3v) is 4.96. The molecule has 0 saturated carbocycles. The maximum absolute atomic E-state index is 14.6. The molecule has 1 aliphatic heterocycles. The molecule has 1 saturated heterocycles. The number of rotatable bonds is 3. The van der Waals surface area contributed by atoms with Crippen LogP contribution >= 0.6 is 11.6 Å². The number of hydrogen-bond acceptors (Lipinski definition) is 5. The molecular weight excluding hydrogens is 428 g/mol. The number of nitrogens with two attached hydrogens (primary N) is 1. The Balaban J connectivity index is 1.86. The number of nitrogens with one attached hydrogen (secondary N) is 2. The molecule has 11 heteroatoms. The van der Waals surface area contributed by atoms with Crippen molar-refractivity contribution < 1.29 is 27.1 Å². The molecule has 0 radical (unpaired) electrons. The van der Waals surface area contributed by atoms with Gasteiger partial charge in [0.2, 0.25) is 0 Å². The van der Waals surface area contributed by atoms with Crippen LogP contribution in [0.5, 0.6) is 0 Å². The SMILES string of the molecule is CC1(c2cc(NC(=O)c3ncc(C(F)(F)F)cc3Cl)ccc2F)COCCC(N)N1. The van der Waals surface area contributed by atoms with Crippen LogP contribution in [0.2, 0.25) is 5.02 Å². The molecule has 4 N–H and O–H groups in total. The summed E-state index contributed by atoms with van der Waals surface area (Å²) in [5, 5.41) is 5.13. The lowest BCUT2D eigenvalue weighted by molar-refractivity contribution is -0.137. The Morgan fingerprint density at radius 1 is 1.40 bits per heavy atom. The summed E-state index contributed by atoms with van der Waals surface area (Å²) in [7, 11) is 0. The second-order valence-corrected chi connectivity index (χ2v) is 7.53. The third kappa shape index (κ3) is 4.89. The zero-order valence-electron chi connectivity index (χ0n) is 15.8. The van der Waals surface area contributed by atoms with E-state index in [0.29, 0.717) is 25.3 Å². The molecule has 2 heterocycles. The third-order valence-electron chi connectivity index (χ3n) is 4.67. The van der Waals surface area contributed by atoms with Crippen LogP contribution in [0.15, 0.2) is 30.5 Å². The van der Waals surface area contributed by atoms with Crippen LogP contribution in [-0.2, 0) is 16.5 Å². The standard InChI is InChI=1S/C19H19ClF4N4O2/c1-18(9-30-5-4-15(25)28-18)12-7-11(2-3-14(12)21)27-17(29)16-13(20)6-10(8-26-16)19(22,23)24/h2-3,6-8,15,28H,4-5,9,25H2,1H3,(H,27,29). The highest BCUT2D eigenvalue weighted by atomic mass is 35.5. The molecule has 3 rings (SSSR count). The first kappa shape index (κ1) is 22.4. The Morgan fingerprint density at radius 3 is 2.80 bits per heavy atom. The minimum Gasteiger partial charge on any atom is -0.379 e. The largest absolute Gasteiger partial charge is 0.417 e. The van der Waals surface area contributed by atoms with E-state index in [-0.39, 0.29) is 23.6 Å². The van der Waals surface area contributed by atoms with Gasteiger partial charge >= 0.3 is 6.18 Å². The average molecular weight is 447 g/mol. The van der Waals surface area contributed by atoms with E-state index < -0.39 is 40.2 Å². The molecule has 1 amide bonds. The molecule has 30 heavy (non-hydrogen) atoms. The van der Waals surface area contributed by atoms with E-state index in [1.807, 2.05) is 0 Å². The number of anilines is 1. The van der Waals surface area contributed by atoms with Crippen molar-refractivity contribution in [3.05, 3.63) is 58.1 Å². The number of pyridine rings is 1. The minimum atomic E-state index is -4.64. The first-order chi connectivity index (χ1) is 14.0. The van der Waals surface area contributed by atoms with E-state index in [2.05, 4.69) is 15.6 Å². The number of alkyl halides is 3. The first-order valence-corrected chi connectivity index (χ1v) is 9.32. The lowest BCUT2D eigenvalue weighted by Gasteiger charge is -2.32. The quantitative estimate of drug-likeness (QED) is 0.626. The van der Waals surface area contributed by atoms with Crippen LogP contribution in [0.4, 0.5) is 23.2 Å². The van der Waals surface area contributed by atoms with E-state index in [4.69, 9.17) is 22.1 Å². The predicted molar refractivity (Wildman–Crippen MR) is 103 cm³/mol. The van der Waals surface area contributed by atoms with Crippen LogP contribution in [-0.4, -0.2) is 30.3 Å². The monoisotopic (exact) mass is 446 g/mol. The predicted octanol–water partition coefficient (Wildman–Crippen LogP) is 3.66. The molecule has 2 unspecified atom stereocenters. The van der Waals surface area contributed by atoms with Gasteiger partial charge in [0, 0.05) is 24.1 Å². The van der Waals surface area contributed by atoms with Crippen LogP contribution in [0.3, 0.4) is 0 Å². The van der Waals surface area contributed by atoms with Gasteiger partial charge in [0.05, 0.1) is 28.9 Å². The maximum atomic E-state index is 14.6. The number of benzene rings is 1. The highest BCUT2D eigenvalue weighted by molar-refractivity contribution is 6.34. The van der Waals surface area contributed by atoms with Crippen LogP contribution in [0, 0.1) is 5.82 Å². The number of ether oxygens (including phenoxy) is 1. The number of carbonyl (C=O) groups excluding carboxylic acids is 1. The van der Waals surface area contributed by atoms with Crippen molar-refractivity contribution in [2.75, 3.05) is 18.5 Å². The molecular formula is C19H19ClF4N4O2. The molecule has 1 fully saturated rings. The lowest BCUT2D eigenvalue weighted by Crippen LogP contribution is -2.51. The Kier molecular flexibility index (Phi) is 6.32. The summed E-state index contributed by atoms with van der Waals surface area (Å²) in [4.78, 5) is 16.0. The second kappa shape index (κ2) is 8.46. The molecule has 162 valence electrons. The molecule has 0 aliphatic carbocycles. The number of amides is 1.